The molecule has 0 spiro atoms. The molecule has 1 fully saturated rings. The van der Waals surface area contributed by atoms with Gasteiger partial charge >= 0.3 is 5.97 Å². The van der Waals surface area contributed by atoms with E-state index in [1.807, 2.05) is 48.2 Å². The lowest BCUT2D eigenvalue weighted by Gasteiger charge is -2.35. The Labute approximate surface area is 138 Å². The van der Waals surface area contributed by atoms with E-state index < -0.39 is 0 Å². The summed E-state index contributed by atoms with van der Waals surface area (Å²) < 4.78 is 5.05. The predicted octanol–water partition coefficient (Wildman–Crippen LogP) is 2.70. The summed E-state index contributed by atoms with van der Waals surface area (Å²) in [6.45, 7) is 2.88. The third-order valence-electron chi connectivity index (χ3n) is 4.21. The average Bonchev–Trinajstić information content (AvgIpc) is 2.55. The van der Waals surface area contributed by atoms with Crippen LogP contribution >= 0.6 is 0 Å². The standard InChI is InChI=1S/C18H26N2O3/c1-4-23-17(21)13-16-9-5-6-11-20(16)18(22)14-8-7-10-15(12-14)19(2)3/h7-8,10,12,16H,4-6,9,11,13H2,1-3H3. The van der Waals surface area contributed by atoms with Crippen molar-refractivity contribution in [3.8, 4) is 0 Å². The van der Waals surface area contributed by atoms with E-state index in [9.17, 15) is 9.59 Å². The number of anilines is 1. The van der Waals surface area contributed by atoms with Gasteiger partial charge in [0, 0.05) is 37.9 Å². The topological polar surface area (TPSA) is 49.9 Å². The van der Waals surface area contributed by atoms with Crippen LogP contribution in [-0.4, -0.2) is 50.1 Å². The summed E-state index contributed by atoms with van der Waals surface area (Å²) in [5.74, 6) is -0.220. The summed E-state index contributed by atoms with van der Waals surface area (Å²) in [6, 6.07) is 7.55. The van der Waals surface area contributed by atoms with Gasteiger partial charge in [0.25, 0.3) is 5.91 Å². The number of esters is 1. The fraction of sp³-hybridized carbons (Fsp3) is 0.556. The zero-order valence-electron chi connectivity index (χ0n) is 14.2. The van der Waals surface area contributed by atoms with Crippen molar-refractivity contribution in [3.05, 3.63) is 29.8 Å². The fourth-order valence-electron chi connectivity index (χ4n) is 2.98. The van der Waals surface area contributed by atoms with Crippen molar-refractivity contribution in [3.63, 3.8) is 0 Å². The molecule has 1 heterocycles. The maximum Gasteiger partial charge on any atom is 0.307 e. The number of hydrogen-bond donors (Lipinski definition) is 0. The molecule has 5 nitrogen and oxygen atoms in total. The van der Waals surface area contributed by atoms with Gasteiger partial charge < -0.3 is 14.5 Å². The van der Waals surface area contributed by atoms with Gasteiger partial charge in [0.15, 0.2) is 0 Å². The molecule has 1 aromatic rings. The van der Waals surface area contributed by atoms with Gasteiger partial charge in [-0.05, 0) is 44.4 Å². The zero-order valence-corrected chi connectivity index (χ0v) is 14.2. The number of piperidine rings is 1. The molecule has 0 radical (unpaired) electrons. The largest absolute Gasteiger partial charge is 0.466 e. The second kappa shape index (κ2) is 7.99. The van der Waals surface area contributed by atoms with Gasteiger partial charge in [-0.2, -0.15) is 0 Å². The summed E-state index contributed by atoms with van der Waals surface area (Å²) in [5.41, 5.74) is 1.67. The summed E-state index contributed by atoms with van der Waals surface area (Å²) in [4.78, 5) is 28.5. The monoisotopic (exact) mass is 318 g/mol. The summed E-state index contributed by atoms with van der Waals surface area (Å²) in [5, 5.41) is 0. The van der Waals surface area contributed by atoms with E-state index in [4.69, 9.17) is 4.74 Å². The van der Waals surface area contributed by atoms with Crippen LogP contribution in [0.4, 0.5) is 5.69 Å². The number of amides is 1. The minimum Gasteiger partial charge on any atom is -0.466 e. The number of ether oxygens (including phenoxy) is 1. The molecule has 1 aliphatic rings. The molecule has 0 aliphatic carbocycles. The van der Waals surface area contributed by atoms with Crippen LogP contribution in [0, 0.1) is 0 Å². The number of likely N-dealkylation sites (tertiary alicyclic amines) is 1. The molecule has 2 rings (SSSR count). The van der Waals surface area contributed by atoms with E-state index in [2.05, 4.69) is 0 Å². The minimum absolute atomic E-state index is 0.00250. The van der Waals surface area contributed by atoms with Gasteiger partial charge in [-0.25, -0.2) is 0 Å². The highest BCUT2D eigenvalue weighted by Gasteiger charge is 2.29. The molecule has 0 N–H and O–H groups in total. The van der Waals surface area contributed by atoms with Crippen LogP contribution in [0.25, 0.3) is 0 Å². The van der Waals surface area contributed by atoms with Crippen molar-refractivity contribution < 1.29 is 14.3 Å². The van der Waals surface area contributed by atoms with Gasteiger partial charge in [-0.3, -0.25) is 9.59 Å². The van der Waals surface area contributed by atoms with E-state index in [-0.39, 0.29) is 24.3 Å². The molecular formula is C18H26N2O3. The molecule has 1 aromatic carbocycles. The highest BCUT2D eigenvalue weighted by molar-refractivity contribution is 5.95. The quantitative estimate of drug-likeness (QED) is 0.783. The Morgan fingerprint density at radius 1 is 1.30 bits per heavy atom. The van der Waals surface area contributed by atoms with Crippen molar-refractivity contribution in [2.75, 3.05) is 32.1 Å². The second-order valence-electron chi connectivity index (χ2n) is 6.10. The van der Waals surface area contributed by atoms with Crippen molar-refractivity contribution in [2.45, 2.75) is 38.6 Å². The predicted molar refractivity (Wildman–Crippen MR) is 90.7 cm³/mol. The fourth-order valence-corrected chi connectivity index (χ4v) is 2.98. The molecule has 0 saturated carbocycles. The first-order valence-corrected chi connectivity index (χ1v) is 8.27. The molecule has 1 saturated heterocycles. The van der Waals surface area contributed by atoms with E-state index in [1.54, 1.807) is 6.92 Å². The SMILES string of the molecule is CCOC(=O)CC1CCCCN1C(=O)c1cccc(N(C)C)c1. The van der Waals surface area contributed by atoms with E-state index in [0.29, 0.717) is 18.7 Å². The van der Waals surface area contributed by atoms with Crippen LogP contribution < -0.4 is 4.90 Å². The van der Waals surface area contributed by atoms with Crippen LogP contribution in [0.1, 0.15) is 43.0 Å². The van der Waals surface area contributed by atoms with Crippen molar-refractivity contribution >= 4 is 17.6 Å². The number of carbonyl (C=O) groups excluding carboxylic acids is 2. The first-order chi connectivity index (χ1) is 11.0. The van der Waals surface area contributed by atoms with Crippen molar-refractivity contribution in [1.29, 1.82) is 0 Å². The number of nitrogens with zero attached hydrogens (tertiary/aromatic N) is 2. The third kappa shape index (κ3) is 4.47. The Morgan fingerprint density at radius 3 is 2.78 bits per heavy atom. The van der Waals surface area contributed by atoms with Crippen molar-refractivity contribution in [2.24, 2.45) is 0 Å². The summed E-state index contributed by atoms with van der Waals surface area (Å²) >= 11 is 0. The number of rotatable bonds is 5. The van der Waals surface area contributed by atoms with Crippen LogP contribution in [0.5, 0.6) is 0 Å². The first-order valence-electron chi connectivity index (χ1n) is 8.27. The van der Waals surface area contributed by atoms with Crippen LogP contribution in [0.2, 0.25) is 0 Å². The Morgan fingerprint density at radius 2 is 2.09 bits per heavy atom. The molecule has 1 amide bonds. The lowest BCUT2D eigenvalue weighted by Crippen LogP contribution is -2.45. The van der Waals surface area contributed by atoms with E-state index >= 15 is 0 Å². The second-order valence-corrected chi connectivity index (χ2v) is 6.10. The Hall–Kier alpha value is -2.04. The molecule has 1 atom stereocenters. The Bertz CT molecular complexity index is 557. The average molecular weight is 318 g/mol. The molecule has 126 valence electrons. The Kier molecular flexibility index (Phi) is 6.02. The third-order valence-corrected chi connectivity index (χ3v) is 4.21. The van der Waals surface area contributed by atoms with Gasteiger partial charge in [0.1, 0.15) is 0 Å². The van der Waals surface area contributed by atoms with Gasteiger partial charge in [0.2, 0.25) is 0 Å². The smallest absolute Gasteiger partial charge is 0.307 e. The van der Waals surface area contributed by atoms with Crippen LogP contribution in [0.3, 0.4) is 0 Å². The number of hydrogen-bond acceptors (Lipinski definition) is 4. The highest BCUT2D eigenvalue weighted by atomic mass is 16.5. The normalized spacial score (nSPS) is 17.7. The molecular weight excluding hydrogens is 292 g/mol. The zero-order chi connectivity index (χ0) is 16.8. The summed E-state index contributed by atoms with van der Waals surface area (Å²) in [6.07, 6.45) is 3.18. The molecule has 0 aromatic heterocycles. The van der Waals surface area contributed by atoms with E-state index in [1.165, 1.54) is 0 Å². The highest BCUT2D eigenvalue weighted by Crippen LogP contribution is 2.24. The first kappa shape index (κ1) is 17.3. The maximum atomic E-state index is 12.9. The van der Waals surface area contributed by atoms with Crippen LogP contribution in [0.15, 0.2) is 24.3 Å². The van der Waals surface area contributed by atoms with Gasteiger partial charge in [0.05, 0.1) is 13.0 Å². The molecule has 23 heavy (non-hydrogen) atoms. The Balaban J connectivity index is 2.14. The lowest BCUT2D eigenvalue weighted by molar-refractivity contribution is -0.144. The van der Waals surface area contributed by atoms with Crippen LogP contribution in [-0.2, 0) is 9.53 Å². The molecule has 0 bridgehead atoms. The molecule has 5 heteroatoms. The maximum absolute atomic E-state index is 12.9. The summed E-state index contributed by atoms with van der Waals surface area (Å²) in [7, 11) is 3.90. The van der Waals surface area contributed by atoms with E-state index in [0.717, 1.165) is 24.9 Å². The lowest BCUT2D eigenvalue weighted by atomic mass is 9.98. The number of carbonyl (C=O) groups is 2. The van der Waals surface area contributed by atoms with Crippen molar-refractivity contribution in [1.82, 2.24) is 4.90 Å². The molecule has 1 aliphatic heterocycles. The van der Waals surface area contributed by atoms with Gasteiger partial charge in [-0.1, -0.05) is 6.07 Å². The number of benzene rings is 1. The molecule has 1 unspecified atom stereocenters. The van der Waals surface area contributed by atoms with Gasteiger partial charge in [-0.15, -0.1) is 0 Å². The minimum atomic E-state index is -0.223.